The highest BCUT2D eigenvalue weighted by Crippen LogP contribution is 2.29. The summed E-state index contributed by atoms with van der Waals surface area (Å²) in [6, 6.07) is 7.93. The van der Waals surface area contributed by atoms with Crippen LogP contribution in [0.5, 0.6) is 5.75 Å². The number of benzene rings is 1. The van der Waals surface area contributed by atoms with Crippen LogP contribution in [-0.4, -0.2) is 43.9 Å². The number of hydrogen-bond acceptors (Lipinski definition) is 4. The SMILES string of the molecule is C=C1OB(c2ccc(OCCN3CCCC3)cc2)OC1(C)C. The lowest BCUT2D eigenvalue weighted by molar-refractivity contribution is 0.173. The summed E-state index contributed by atoms with van der Waals surface area (Å²) >= 11 is 0. The first-order valence-corrected chi connectivity index (χ1v) is 8.03. The van der Waals surface area contributed by atoms with Gasteiger partial charge in [-0.15, -0.1) is 0 Å². The quantitative estimate of drug-likeness (QED) is 0.780. The summed E-state index contributed by atoms with van der Waals surface area (Å²) in [4.78, 5) is 2.45. The van der Waals surface area contributed by atoms with Gasteiger partial charge >= 0.3 is 7.12 Å². The highest BCUT2D eigenvalue weighted by atomic mass is 16.7. The van der Waals surface area contributed by atoms with Gasteiger partial charge in [0.2, 0.25) is 0 Å². The van der Waals surface area contributed by atoms with Crippen LogP contribution in [0.3, 0.4) is 0 Å². The van der Waals surface area contributed by atoms with Gasteiger partial charge in [-0.2, -0.15) is 0 Å². The van der Waals surface area contributed by atoms with Crippen molar-refractivity contribution < 1.29 is 14.0 Å². The van der Waals surface area contributed by atoms with Gasteiger partial charge in [0.15, 0.2) is 0 Å². The molecule has 0 unspecified atom stereocenters. The fraction of sp³-hybridized carbons (Fsp3) is 0.529. The Labute approximate surface area is 133 Å². The molecule has 0 saturated carbocycles. The van der Waals surface area contributed by atoms with E-state index in [1.54, 1.807) is 0 Å². The van der Waals surface area contributed by atoms with Crippen LogP contribution in [0, 0.1) is 0 Å². The second kappa shape index (κ2) is 6.35. The number of likely N-dealkylation sites (tertiary alicyclic amines) is 1. The molecule has 2 saturated heterocycles. The molecule has 3 rings (SSSR count). The third kappa shape index (κ3) is 3.47. The number of hydrogen-bond donors (Lipinski definition) is 0. The Morgan fingerprint density at radius 2 is 1.91 bits per heavy atom. The Kier molecular flexibility index (Phi) is 4.45. The normalized spacial score (nSPS) is 21.2. The molecular formula is C17H24BNO3. The van der Waals surface area contributed by atoms with Crippen molar-refractivity contribution in [2.45, 2.75) is 32.3 Å². The second-order valence-corrected chi connectivity index (χ2v) is 6.47. The van der Waals surface area contributed by atoms with E-state index in [9.17, 15) is 0 Å². The van der Waals surface area contributed by atoms with E-state index in [0.717, 1.165) is 24.4 Å². The maximum atomic E-state index is 5.87. The van der Waals surface area contributed by atoms with Gasteiger partial charge in [0.1, 0.15) is 18.0 Å². The van der Waals surface area contributed by atoms with Crippen molar-refractivity contribution in [3.63, 3.8) is 0 Å². The van der Waals surface area contributed by atoms with Gasteiger partial charge in [-0.1, -0.05) is 18.7 Å². The second-order valence-electron chi connectivity index (χ2n) is 6.47. The van der Waals surface area contributed by atoms with Crippen molar-refractivity contribution in [2.24, 2.45) is 0 Å². The molecule has 0 spiro atoms. The molecule has 2 heterocycles. The van der Waals surface area contributed by atoms with Crippen LogP contribution in [0.15, 0.2) is 36.6 Å². The van der Waals surface area contributed by atoms with Crippen molar-refractivity contribution in [1.29, 1.82) is 0 Å². The first-order valence-electron chi connectivity index (χ1n) is 8.03. The van der Waals surface area contributed by atoms with Crippen molar-refractivity contribution in [1.82, 2.24) is 4.90 Å². The molecule has 2 fully saturated rings. The molecule has 0 N–H and O–H groups in total. The van der Waals surface area contributed by atoms with Gasteiger partial charge in [0, 0.05) is 6.54 Å². The molecule has 1 aromatic rings. The summed E-state index contributed by atoms with van der Waals surface area (Å²) in [5.41, 5.74) is 0.550. The Bertz CT molecular complexity index is 523. The van der Waals surface area contributed by atoms with E-state index in [1.165, 1.54) is 25.9 Å². The molecule has 5 heteroatoms. The summed E-state index contributed by atoms with van der Waals surface area (Å²) < 4.78 is 17.4. The van der Waals surface area contributed by atoms with E-state index in [-0.39, 0.29) is 7.12 Å². The van der Waals surface area contributed by atoms with Gasteiger partial charge in [-0.25, -0.2) is 0 Å². The van der Waals surface area contributed by atoms with E-state index in [0.29, 0.717) is 5.76 Å². The molecule has 1 aromatic carbocycles. The van der Waals surface area contributed by atoms with Crippen molar-refractivity contribution >= 4 is 12.6 Å². The monoisotopic (exact) mass is 301 g/mol. The first-order chi connectivity index (χ1) is 10.5. The Hall–Kier alpha value is -1.46. The van der Waals surface area contributed by atoms with Crippen LogP contribution >= 0.6 is 0 Å². The molecule has 4 nitrogen and oxygen atoms in total. The maximum Gasteiger partial charge on any atom is 0.563 e. The van der Waals surface area contributed by atoms with Gasteiger partial charge in [0.05, 0.1) is 5.76 Å². The number of nitrogens with zero attached hydrogens (tertiary/aromatic N) is 1. The van der Waals surface area contributed by atoms with E-state index < -0.39 is 5.60 Å². The van der Waals surface area contributed by atoms with Crippen molar-refractivity contribution in [2.75, 3.05) is 26.2 Å². The molecule has 0 aromatic heterocycles. The zero-order chi connectivity index (χ0) is 15.6. The van der Waals surface area contributed by atoms with E-state index in [1.807, 2.05) is 38.1 Å². The number of rotatable bonds is 5. The maximum absolute atomic E-state index is 5.87. The van der Waals surface area contributed by atoms with Crippen LogP contribution in [0.2, 0.25) is 0 Å². The molecule has 0 radical (unpaired) electrons. The predicted molar refractivity (Wildman–Crippen MR) is 88.4 cm³/mol. The molecule has 2 aliphatic heterocycles. The molecule has 118 valence electrons. The molecule has 0 aliphatic carbocycles. The van der Waals surface area contributed by atoms with Gasteiger partial charge in [-0.3, -0.25) is 4.90 Å². The lowest BCUT2D eigenvalue weighted by Crippen LogP contribution is -2.34. The Balaban J connectivity index is 1.51. The van der Waals surface area contributed by atoms with Gasteiger partial charge in [-0.05, 0) is 57.4 Å². The average molecular weight is 301 g/mol. The fourth-order valence-electron chi connectivity index (χ4n) is 2.78. The van der Waals surface area contributed by atoms with E-state index in [2.05, 4.69) is 11.5 Å². The summed E-state index contributed by atoms with van der Waals surface area (Å²) in [6.07, 6.45) is 2.63. The third-order valence-electron chi connectivity index (χ3n) is 4.35. The molecule has 0 amide bonds. The molecule has 2 aliphatic rings. The highest BCUT2D eigenvalue weighted by molar-refractivity contribution is 6.62. The standard InChI is InChI=1S/C17H24BNO3/c1-14-17(2,3)22-18(21-14)15-6-8-16(9-7-15)20-13-12-19-10-4-5-11-19/h6-9H,1,4-5,10-13H2,2-3H3. The zero-order valence-electron chi connectivity index (χ0n) is 13.5. The minimum atomic E-state index is -0.435. The molecule has 0 atom stereocenters. The Morgan fingerprint density at radius 1 is 1.23 bits per heavy atom. The summed E-state index contributed by atoms with van der Waals surface area (Å²) in [5, 5.41) is 0. The fourth-order valence-corrected chi connectivity index (χ4v) is 2.78. The van der Waals surface area contributed by atoms with E-state index in [4.69, 9.17) is 14.0 Å². The Morgan fingerprint density at radius 3 is 2.50 bits per heavy atom. The van der Waals surface area contributed by atoms with Crippen LogP contribution in [0.1, 0.15) is 26.7 Å². The predicted octanol–water partition coefficient (Wildman–Crippen LogP) is 2.20. The first kappa shape index (κ1) is 15.4. The molecular weight excluding hydrogens is 277 g/mol. The zero-order valence-corrected chi connectivity index (χ0v) is 13.5. The van der Waals surface area contributed by atoms with Crippen LogP contribution in [0.25, 0.3) is 0 Å². The smallest absolute Gasteiger partial charge is 0.534 e. The minimum Gasteiger partial charge on any atom is -0.534 e. The number of ether oxygens (including phenoxy) is 1. The van der Waals surface area contributed by atoms with Crippen LogP contribution < -0.4 is 10.2 Å². The molecule has 0 bridgehead atoms. The van der Waals surface area contributed by atoms with Crippen LogP contribution in [-0.2, 0) is 9.31 Å². The lowest BCUT2D eigenvalue weighted by atomic mass is 9.79. The van der Waals surface area contributed by atoms with E-state index >= 15 is 0 Å². The average Bonchev–Trinajstić information content (AvgIpc) is 3.09. The largest absolute Gasteiger partial charge is 0.563 e. The minimum absolute atomic E-state index is 0.374. The topological polar surface area (TPSA) is 30.9 Å². The third-order valence-corrected chi connectivity index (χ3v) is 4.35. The van der Waals surface area contributed by atoms with Gasteiger partial charge in [0.25, 0.3) is 0 Å². The van der Waals surface area contributed by atoms with Crippen LogP contribution in [0.4, 0.5) is 0 Å². The van der Waals surface area contributed by atoms with Crippen molar-refractivity contribution in [3.8, 4) is 5.75 Å². The van der Waals surface area contributed by atoms with Crippen molar-refractivity contribution in [3.05, 3.63) is 36.6 Å². The lowest BCUT2D eigenvalue weighted by Gasteiger charge is -2.16. The van der Waals surface area contributed by atoms with Gasteiger partial charge < -0.3 is 14.0 Å². The summed E-state index contributed by atoms with van der Waals surface area (Å²) in [5.74, 6) is 1.56. The molecule has 22 heavy (non-hydrogen) atoms. The summed E-state index contributed by atoms with van der Waals surface area (Å²) in [7, 11) is -0.374. The highest BCUT2D eigenvalue weighted by Gasteiger charge is 2.42. The summed E-state index contributed by atoms with van der Waals surface area (Å²) in [6.45, 7) is 12.0.